The lowest BCUT2D eigenvalue weighted by Crippen LogP contribution is -2.48. The molecule has 0 aliphatic carbocycles. The molecule has 0 amide bonds. The molecule has 2 rings (SSSR count). The predicted octanol–water partition coefficient (Wildman–Crippen LogP) is 1.41. The second-order valence-corrected chi connectivity index (χ2v) is 6.79. The first-order valence-corrected chi connectivity index (χ1v) is 7.87. The summed E-state index contributed by atoms with van der Waals surface area (Å²) in [5.74, 6) is -0.184. The minimum atomic E-state index is -3.58. The van der Waals surface area contributed by atoms with E-state index in [-0.39, 0.29) is 16.9 Å². The molecule has 1 aromatic rings. The van der Waals surface area contributed by atoms with Gasteiger partial charge in [0.1, 0.15) is 5.82 Å². The lowest BCUT2D eigenvalue weighted by Gasteiger charge is -2.30. The van der Waals surface area contributed by atoms with Crippen molar-refractivity contribution >= 4 is 10.0 Å². The zero-order valence-electron chi connectivity index (χ0n) is 11.1. The van der Waals surface area contributed by atoms with Gasteiger partial charge in [0.05, 0.1) is 4.90 Å². The van der Waals surface area contributed by atoms with Gasteiger partial charge in [-0.1, -0.05) is 6.92 Å². The number of nitrogens with one attached hydrogen (secondary N) is 2. The summed E-state index contributed by atoms with van der Waals surface area (Å²) in [5, 5.41) is 3.22. The van der Waals surface area contributed by atoms with Crippen molar-refractivity contribution in [3.63, 3.8) is 0 Å². The van der Waals surface area contributed by atoms with Crippen LogP contribution in [0.15, 0.2) is 23.1 Å². The Bertz CT molecular complexity index is 560. The van der Waals surface area contributed by atoms with Crippen molar-refractivity contribution in [1.29, 1.82) is 0 Å². The number of halogens is 1. The molecule has 0 radical (unpaired) electrons. The molecule has 1 aliphatic heterocycles. The predicted molar refractivity (Wildman–Crippen MR) is 71.9 cm³/mol. The average molecular weight is 286 g/mol. The van der Waals surface area contributed by atoms with Crippen LogP contribution in [0.5, 0.6) is 0 Å². The second kappa shape index (κ2) is 5.56. The van der Waals surface area contributed by atoms with Crippen LogP contribution < -0.4 is 10.0 Å². The summed E-state index contributed by atoms with van der Waals surface area (Å²) in [7, 11) is -3.58. The third-order valence-electron chi connectivity index (χ3n) is 3.52. The van der Waals surface area contributed by atoms with E-state index in [1.54, 1.807) is 6.92 Å². The Morgan fingerprint density at radius 1 is 1.42 bits per heavy atom. The molecule has 0 spiro atoms. The molecule has 1 saturated heterocycles. The van der Waals surface area contributed by atoms with Gasteiger partial charge in [-0.25, -0.2) is 17.5 Å². The summed E-state index contributed by atoms with van der Waals surface area (Å²) in [6, 6.07) is 3.66. The number of benzene rings is 1. The number of piperidine rings is 1. The summed E-state index contributed by atoms with van der Waals surface area (Å²) < 4.78 is 40.4. The smallest absolute Gasteiger partial charge is 0.241 e. The Morgan fingerprint density at radius 2 is 2.16 bits per heavy atom. The third kappa shape index (κ3) is 3.32. The lowest BCUT2D eigenvalue weighted by molar-refractivity contribution is 0.328. The molecule has 2 unspecified atom stereocenters. The molecule has 19 heavy (non-hydrogen) atoms. The highest BCUT2D eigenvalue weighted by Crippen LogP contribution is 2.19. The van der Waals surface area contributed by atoms with E-state index in [1.807, 2.05) is 6.92 Å². The molecule has 6 heteroatoms. The Morgan fingerprint density at radius 3 is 2.79 bits per heavy atom. The normalized spacial score (nSPS) is 24.4. The van der Waals surface area contributed by atoms with Crippen molar-refractivity contribution in [3.05, 3.63) is 29.6 Å². The van der Waals surface area contributed by atoms with Crippen molar-refractivity contribution in [1.82, 2.24) is 10.0 Å². The van der Waals surface area contributed by atoms with Gasteiger partial charge in [-0.2, -0.15) is 0 Å². The maximum Gasteiger partial charge on any atom is 0.241 e. The van der Waals surface area contributed by atoms with Gasteiger partial charge in [0.25, 0.3) is 0 Å². The Kier molecular flexibility index (Phi) is 4.23. The summed E-state index contributed by atoms with van der Waals surface area (Å²) in [6.45, 7) is 5.22. The highest BCUT2D eigenvalue weighted by molar-refractivity contribution is 7.89. The molecule has 2 N–H and O–H groups in total. The quantitative estimate of drug-likeness (QED) is 0.883. The van der Waals surface area contributed by atoms with Crippen molar-refractivity contribution in [2.45, 2.75) is 31.2 Å². The first-order chi connectivity index (χ1) is 8.90. The molecule has 2 atom stereocenters. The lowest BCUT2D eigenvalue weighted by atomic mass is 9.97. The van der Waals surface area contributed by atoms with Gasteiger partial charge < -0.3 is 5.32 Å². The first-order valence-electron chi connectivity index (χ1n) is 6.39. The van der Waals surface area contributed by atoms with Crippen LogP contribution in [0.25, 0.3) is 0 Å². The van der Waals surface area contributed by atoms with Gasteiger partial charge in [-0.15, -0.1) is 0 Å². The second-order valence-electron chi connectivity index (χ2n) is 5.11. The van der Waals surface area contributed by atoms with Gasteiger partial charge in [0.2, 0.25) is 10.0 Å². The van der Waals surface area contributed by atoms with E-state index in [0.29, 0.717) is 5.56 Å². The zero-order valence-corrected chi connectivity index (χ0v) is 11.9. The SMILES string of the molecule is Cc1cc(F)ccc1S(=O)(=O)NC1CCNCC1C. The fourth-order valence-electron chi connectivity index (χ4n) is 2.37. The monoisotopic (exact) mass is 286 g/mol. The maximum absolute atomic E-state index is 13.0. The van der Waals surface area contributed by atoms with Crippen LogP contribution in [0.1, 0.15) is 18.9 Å². The maximum atomic E-state index is 13.0. The molecular weight excluding hydrogens is 267 g/mol. The van der Waals surface area contributed by atoms with E-state index in [9.17, 15) is 12.8 Å². The van der Waals surface area contributed by atoms with E-state index in [0.717, 1.165) is 19.5 Å². The molecular formula is C13H19FN2O2S. The minimum Gasteiger partial charge on any atom is -0.316 e. The molecule has 4 nitrogen and oxygen atoms in total. The molecule has 0 bridgehead atoms. The van der Waals surface area contributed by atoms with Crippen molar-refractivity contribution in [2.24, 2.45) is 5.92 Å². The molecule has 1 heterocycles. The van der Waals surface area contributed by atoms with Crippen molar-refractivity contribution in [2.75, 3.05) is 13.1 Å². The molecule has 0 aromatic heterocycles. The van der Waals surface area contributed by atoms with E-state index in [4.69, 9.17) is 0 Å². The molecule has 0 saturated carbocycles. The van der Waals surface area contributed by atoms with Gasteiger partial charge >= 0.3 is 0 Å². The van der Waals surface area contributed by atoms with E-state index in [2.05, 4.69) is 10.0 Å². The van der Waals surface area contributed by atoms with Gasteiger partial charge in [0.15, 0.2) is 0 Å². The summed E-state index contributed by atoms with van der Waals surface area (Å²) in [5.41, 5.74) is 0.425. The standard InChI is InChI=1S/C13H19FN2O2S/c1-9-7-11(14)3-4-13(9)19(17,18)16-12-5-6-15-8-10(12)2/h3-4,7,10,12,15-16H,5-6,8H2,1-2H3. The third-order valence-corrected chi connectivity index (χ3v) is 5.17. The number of aryl methyl sites for hydroxylation is 1. The van der Waals surface area contributed by atoms with E-state index < -0.39 is 15.8 Å². The summed E-state index contributed by atoms with van der Waals surface area (Å²) in [4.78, 5) is 0.152. The van der Waals surface area contributed by atoms with Crippen LogP contribution in [0.4, 0.5) is 4.39 Å². The highest BCUT2D eigenvalue weighted by Gasteiger charge is 2.27. The van der Waals surface area contributed by atoms with Gasteiger partial charge in [-0.05, 0) is 56.1 Å². The van der Waals surface area contributed by atoms with Crippen molar-refractivity contribution in [3.8, 4) is 0 Å². The number of rotatable bonds is 3. The van der Waals surface area contributed by atoms with Crippen LogP contribution in [0.2, 0.25) is 0 Å². The zero-order chi connectivity index (χ0) is 14.0. The Hall–Kier alpha value is -0.980. The summed E-state index contributed by atoms with van der Waals surface area (Å²) >= 11 is 0. The molecule has 1 fully saturated rings. The Balaban J connectivity index is 2.22. The van der Waals surface area contributed by atoms with Crippen molar-refractivity contribution < 1.29 is 12.8 Å². The minimum absolute atomic E-state index is 0.0734. The van der Waals surface area contributed by atoms with Gasteiger partial charge in [0, 0.05) is 6.04 Å². The number of hydrogen-bond donors (Lipinski definition) is 2. The van der Waals surface area contributed by atoms with Gasteiger partial charge in [-0.3, -0.25) is 0 Å². The van der Waals surface area contributed by atoms with Crippen LogP contribution >= 0.6 is 0 Å². The largest absolute Gasteiger partial charge is 0.316 e. The summed E-state index contributed by atoms with van der Waals surface area (Å²) in [6.07, 6.45) is 0.765. The Labute approximate surface area is 113 Å². The molecule has 1 aliphatic rings. The van der Waals surface area contributed by atoms with E-state index in [1.165, 1.54) is 18.2 Å². The fraction of sp³-hybridized carbons (Fsp3) is 0.538. The van der Waals surface area contributed by atoms with Crippen LogP contribution in [-0.4, -0.2) is 27.5 Å². The topological polar surface area (TPSA) is 58.2 Å². The highest BCUT2D eigenvalue weighted by atomic mass is 32.2. The first kappa shape index (κ1) is 14.4. The number of hydrogen-bond acceptors (Lipinski definition) is 3. The van der Waals surface area contributed by atoms with Crippen LogP contribution in [0.3, 0.4) is 0 Å². The van der Waals surface area contributed by atoms with E-state index >= 15 is 0 Å². The van der Waals surface area contributed by atoms with Crippen LogP contribution in [0, 0.1) is 18.7 Å². The fourth-order valence-corrected chi connectivity index (χ4v) is 3.97. The number of sulfonamides is 1. The average Bonchev–Trinajstić information content (AvgIpc) is 2.31. The molecule has 106 valence electrons. The van der Waals surface area contributed by atoms with Crippen LogP contribution in [-0.2, 0) is 10.0 Å². The molecule has 1 aromatic carbocycles.